The highest BCUT2D eigenvalue weighted by Crippen LogP contribution is 2.04. The van der Waals surface area contributed by atoms with Gasteiger partial charge in [0.2, 0.25) is 5.91 Å². The summed E-state index contributed by atoms with van der Waals surface area (Å²) in [7, 11) is 0. The van der Waals surface area contributed by atoms with E-state index in [2.05, 4.69) is 10.4 Å². The van der Waals surface area contributed by atoms with Crippen molar-refractivity contribution in [1.29, 1.82) is 0 Å². The van der Waals surface area contributed by atoms with Crippen molar-refractivity contribution in [3.63, 3.8) is 0 Å². The largest absolute Gasteiger partial charge is 0.351 e. The minimum Gasteiger partial charge on any atom is -0.351 e. The fraction of sp³-hybridized carbons (Fsp3) is 0.118. The molecule has 2 aromatic heterocycles. The smallest absolute Gasteiger partial charge is 0.350 e. The molecule has 0 saturated heterocycles. The lowest BCUT2D eigenvalue weighted by Gasteiger charge is -2.01. The van der Waals surface area contributed by atoms with E-state index in [1.54, 1.807) is 42.6 Å². The van der Waals surface area contributed by atoms with E-state index in [-0.39, 0.29) is 30.5 Å². The van der Waals surface area contributed by atoms with Crippen LogP contribution in [0.15, 0.2) is 59.5 Å². The quantitative estimate of drug-likeness (QED) is 0.722. The Labute approximate surface area is 136 Å². The molecular formula is C17H15FN4O2. The highest BCUT2D eigenvalue weighted by atomic mass is 19.1. The number of fused-ring (bicyclic) bond motifs is 1. The van der Waals surface area contributed by atoms with Crippen molar-refractivity contribution in [2.75, 3.05) is 6.54 Å². The maximum absolute atomic E-state index is 12.8. The van der Waals surface area contributed by atoms with Crippen LogP contribution in [0.5, 0.6) is 0 Å². The third kappa shape index (κ3) is 3.57. The SMILES string of the molecule is O=C(/C=C\c1ccc(F)cc1)NCCn1nc2ccccn2c1=O. The van der Waals surface area contributed by atoms with Gasteiger partial charge < -0.3 is 5.32 Å². The maximum atomic E-state index is 12.8. The van der Waals surface area contributed by atoms with Crippen molar-refractivity contribution in [3.8, 4) is 0 Å². The van der Waals surface area contributed by atoms with Gasteiger partial charge in [-0.1, -0.05) is 18.2 Å². The van der Waals surface area contributed by atoms with Crippen LogP contribution in [-0.2, 0) is 11.3 Å². The molecule has 2 heterocycles. The number of nitrogens with zero attached hydrogens (tertiary/aromatic N) is 3. The highest BCUT2D eigenvalue weighted by Gasteiger charge is 2.05. The molecule has 7 heteroatoms. The topological polar surface area (TPSA) is 68.4 Å². The number of carbonyl (C=O) groups excluding carboxylic acids is 1. The van der Waals surface area contributed by atoms with E-state index in [0.717, 1.165) is 5.56 Å². The highest BCUT2D eigenvalue weighted by molar-refractivity contribution is 5.91. The van der Waals surface area contributed by atoms with Crippen LogP contribution in [0.1, 0.15) is 5.56 Å². The minimum atomic E-state index is -0.325. The van der Waals surface area contributed by atoms with E-state index in [1.165, 1.54) is 27.3 Å². The maximum Gasteiger partial charge on any atom is 0.350 e. The van der Waals surface area contributed by atoms with Crippen LogP contribution in [-0.4, -0.2) is 26.6 Å². The fourth-order valence-corrected chi connectivity index (χ4v) is 2.20. The average Bonchev–Trinajstić information content (AvgIpc) is 2.91. The summed E-state index contributed by atoms with van der Waals surface area (Å²) in [5.74, 6) is -0.620. The van der Waals surface area contributed by atoms with Crippen molar-refractivity contribution < 1.29 is 9.18 Å². The van der Waals surface area contributed by atoms with Gasteiger partial charge in [-0.2, -0.15) is 0 Å². The zero-order valence-corrected chi connectivity index (χ0v) is 12.7. The number of halogens is 1. The summed E-state index contributed by atoms with van der Waals surface area (Å²) in [5.41, 5.74) is 1.04. The number of aromatic nitrogens is 3. The second kappa shape index (κ2) is 6.91. The summed E-state index contributed by atoms with van der Waals surface area (Å²) in [5, 5.41) is 6.85. The molecule has 1 N–H and O–H groups in total. The summed E-state index contributed by atoms with van der Waals surface area (Å²) >= 11 is 0. The molecule has 0 radical (unpaired) electrons. The molecule has 1 aromatic carbocycles. The summed E-state index contributed by atoms with van der Waals surface area (Å²) in [4.78, 5) is 23.8. The lowest BCUT2D eigenvalue weighted by molar-refractivity contribution is -0.116. The van der Waals surface area contributed by atoms with E-state index in [9.17, 15) is 14.0 Å². The zero-order valence-electron chi connectivity index (χ0n) is 12.7. The van der Waals surface area contributed by atoms with Crippen molar-refractivity contribution in [3.05, 3.63) is 76.6 Å². The number of hydrogen-bond acceptors (Lipinski definition) is 3. The normalized spacial score (nSPS) is 11.2. The molecule has 0 atom stereocenters. The van der Waals surface area contributed by atoms with Crippen LogP contribution in [0.25, 0.3) is 11.7 Å². The van der Waals surface area contributed by atoms with E-state index in [4.69, 9.17) is 0 Å². The molecule has 0 saturated carbocycles. The van der Waals surface area contributed by atoms with Gasteiger partial charge in [0, 0.05) is 18.8 Å². The Hall–Kier alpha value is -3.22. The fourth-order valence-electron chi connectivity index (χ4n) is 2.20. The first-order valence-electron chi connectivity index (χ1n) is 7.39. The molecule has 0 aliphatic heterocycles. The molecule has 1 amide bonds. The van der Waals surface area contributed by atoms with Crippen molar-refractivity contribution >= 4 is 17.6 Å². The van der Waals surface area contributed by atoms with E-state index < -0.39 is 0 Å². The van der Waals surface area contributed by atoms with Gasteiger partial charge in [0.05, 0.1) is 6.54 Å². The minimum absolute atomic E-state index is 0.248. The third-order valence-electron chi connectivity index (χ3n) is 3.41. The van der Waals surface area contributed by atoms with Crippen LogP contribution in [0.4, 0.5) is 4.39 Å². The van der Waals surface area contributed by atoms with Crippen LogP contribution < -0.4 is 11.0 Å². The Morgan fingerprint density at radius 2 is 2.00 bits per heavy atom. The number of benzene rings is 1. The standard InChI is InChI=1S/C17H15FN4O2/c18-14-7-4-13(5-8-14)6-9-16(23)19-10-12-22-17(24)21-11-2-1-3-15(21)20-22/h1-9,11H,10,12H2,(H,19,23)/b9-6-. The van der Waals surface area contributed by atoms with Crippen LogP contribution in [0, 0.1) is 5.82 Å². The Kier molecular flexibility index (Phi) is 4.51. The van der Waals surface area contributed by atoms with Gasteiger partial charge in [-0.05, 0) is 35.9 Å². The average molecular weight is 326 g/mol. The molecular weight excluding hydrogens is 311 g/mol. The monoisotopic (exact) mass is 326 g/mol. The molecule has 3 aromatic rings. The zero-order chi connectivity index (χ0) is 16.9. The van der Waals surface area contributed by atoms with Gasteiger partial charge in [-0.3, -0.25) is 9.20 Å². The van der Waals surface area contributed by atoms with Gasteiger partial charge in [0.1, 0.15) is 5.82 Å². The second-order valence-corrected chi connectivity index (χ2v) is 5.11. The Bertz CT molecular complexity index is 941. The van der Waals surface area contributed by atoms with E-state index >= 15 is 0 Å². The summed E-state index contributed by atoms with van der Waals surface area (Å²) in [6.07, 6.45) is 4.59. The predicted octanol–water partition coefficient (Wildman–Crippen LogP) is 1.46. The number of amides is 1. The molecule has 122 valence electrons. The second-order valence-electron chi connectivity index (χ2n) is 5.11. The predicted molar refractivity (Wildman–Crippen MR) is 87.9 cm³/mol. The summed E-state index contributed by atoms with van der Waals surface area (Å²) in [6, 6.07) is 11.1. The number of hydrogen-bond donors (Lipinski definition) is 1. The summed E-state index contributed by atoms with van der Waals surface area (Å²) < 4.78 is 15.5. The molecule has 0 aliphatic carbocycles. The first-order valence-corrected chi connectivity index (χ1v) is 7.39. The van der Waals surface area contributed by atoms with Crippen molar-refractivity contribution in [1.82, 2.24) is 19.5 Å². The molecule has 3 rings (SSSR count). The lowest BCUT2D eigenvalue weighted by atomic mass is 10.2. The van der Waals surface area contributed by atoms with Gasteiger partial charge in [0.25, 0.3) is 0 Å². The van der Waals surface area contributed by atoms with E-state index in [0.29, 0.717) is 5.65 Å². The van der Waals surface area contributed by atoms with Gasteiger partial charge in [-0.25, -0.2) is 13.9 Å². The summed E-state index contributed by atoms with van der Waals surface area (Å²) in [6.45, 7) is 0.549. The number of pyridine rings is 1. The van der Waals surface area contributed by atoms with Crippen LogP contribution in [0.2, 0.25) is 0 Å². The van der Waals surface area contributed by atoms with Gasteiger partial charge in [-0.15, -0.1) is 5.10 Å². The molecule has 0 aliphatic rings. The Morgan fingerprint density at radius 1 is 1.21 bits per heavy atom. The first kappa shape index (κ1) is 15.7. The van der Waals surface area contributed by atoms with Crippen LogP contribution in [0.3, 0.4) is 0 Å². The van der Waals surface area contributed by atoms with Crippen molar-refractivity contribution in [2.45, 2.75) is 6.54 Å². The number of carbonyl (C=O) groups is 1. The molecule has 24 heavy (non-hydrogen) atoms. The lowest BCUT2D eigenvalue weighted by Crippen LogP contribution is -2.30. The molecule has 6 nitrogen and oxygen atoms in total. The Balaban J connectivity index is 1.55. The first-order chi connectivity index (χ1) is 11.6. The van der Waals surface area contributed by atoms with Gasteiger partial charge >= 0.3 is 5.69 Å². The van der Waals surface area contributed by atoms with Gasteiger partial charge in [0.15, 0.2) is 5.65 Å². The van der Waals surface area contributed by atoms with E-state index in [1.807, 2.05) is 0 Å². The number of nitrogens with one attached hydrogen (secondary N) is 1. The Morgan fingerprint density at radius 3 is 2.75 bits per heavy atom. The molecule has 0 spiro atoms. The number of rotatable bonds is 5. The third-order valence-corrected chi connectivity index (χ3v) is 3.41. The van der Waals surface area contributed by atoms with Crippen molar-refractivity contribution in [2.24, 2.45) is 0 Å². The molecule has 0 unspecified atom stereocenters. The molecule has 0 fully saturated rings. The van der Waals surface area contributed by atoms with Crippen LogP contribution >= 0.6 is 0 Å². The molecule has 0 bridgehead atoms.